The normalized spacial score (nSPS) is 18.4. The Morgan fingerprint density at radius 2 is 2.11 bits per heavy atom. The first-order valence-electron chi connectivity index (χ1n) is 8.66. The summed E-state index contributed by atoms with van der Waals surface area (Å²) in [5, 5.41) is 17.3. The van der Waals surface area contributed by atoms with Crippen LogP contribution in [0.4, 0.5) is 17.1 Å². The summed E-state index contributed by atoms with van der Waals surface area (Å²) in [5.41, 5.74) is 0.975. The molecule has 4 rings (SSSR count). The van der Waals surface area contributed by atoms with Crippen LogP contribution in [-0.4, -0.2) is 53.5 Å². The zero-order valence-corrected chi connectivity index (χ0v) is 15.6. The standard InChI is InChI=1S/C17H19N5O4S/c1-11(17-18-2-7-27-17)20-3-5-21(6-4-20)13-8-12-15(9-14(13)22(24)25)26-10-16(23)19-12/h2,7-9,11H,3-6,10H2,1H3,(H,19,23). The minimum atomic E-state index is -0.403. The third kappa shape index (κ3) is 3.45. The van der Waals surface area contributed by atoms with Crippen LogP contribution in [0, 0.1) is 10.1 Å². The summed E-state index contributed by atoms with van der Waals surface area (Å²) in [6.45, 7) is 4.86. The lowest BCUT2D eigenvalue weighted by molar-refractivity contribution is -0.384. The van der Waals surface area contributed by atoms with Crippen molar-refractivity contribution in [1.29, 1.82) is 0 Å². The largest absolute Gasteiger partial charge is 0.481 e. The summed E-state index contributed by atoms with van der Waals surface area (Å²) in [6.07, 6.45) is 1.81. The number of hydrogen-bond donors (Lipinski definition) is 1. The first kappa shape index (κ1) is 17.7. The fraction of sp³-hybridized carbons (Fsp3) is 0.412. The van der Waals surface area contributed by atoms with Crippen molar-refractivity contribution in [2.24, 2.45) is 0 Å². The van der Waals surface area contributed by atoms with Crippen molar-refractivity contribution in [3.8, 4) is 5.75 Å². The van der Waals surface area contributed by atoms with Crippen molar-refractivity contribution in [2.75, 3.05) is 43.0 Å². The van der Waals surface area contributed by atoms with Crippen LogP contribution in [-0.2, 0) is 4.79 Å². The second kappa shape index (κ2) is 7.12. The molecule has 0 bridgehead atoms. The van der Waals surface area contributed by atoms with Crippen molar-refractivity contribution in [1.82, 2.24) is 9.88 Å². The van der Waals surface area contributed by atoms with Gasteiger partial charge >= 0.3 is 0 Å². The van der Waals surface area contributed by atoms with Gasteiger partial charge in [0, 0.05) is 37.8 Å². The maximum Gasteiger partial charge on any atom is 0.296 e. The highest BCUT2D eigenvalue weighted by Crippen LogP contribution is 2.40. The number of nitro benzene ring substituents is 1. The Kier molecular flexibility index (Phi) is 4.66. The Balaban J connectivity index is 1.54. The predicted molar refractivity (Wildman–Crippen MR) is 102 cm³/mol. The van der Waals surface area contributed by atoms with Gasteiger partial charge in [-0.3, -0.25) is 19.8 Å². The van der Waals surface area contributed by atoms with E-state index in [0.29, 0.717) is 30.2 Å². The van der Waals surface area contributed by atoms with E-state index in [1.807, 2.05) is 10.3 Å². The molecule has 10 heteroatoms. The van der Waals surface area contributed by atoms with Gasteiger partial charge in [-0.25, -0.2) is 4.98 Å². The van der Waals surface area contributed by atoms with Gasteiger partial charge in [-0.1, -0.05) is 0 Å². The van der Waals surface area contributed by atoms with Crippen molar-refractivity contribution in [2.45, 2.75) is 13.0 Å². The van der Waals surface area contributed by atoms with E-state index in [2.05, 4.69) is 22.1 Å². The van der Waals surface area contributed by atoms with Gasteiger partial charge in [-0.05, 0) is 13.0 Å². The van der Waals surface area contributed by atoms with Crippen molar-refractivity contribution in [3.05, 3.63) is 38.8 Å². The van der Waals surface area contributed by atoms with Gasteiger partial charge in [0.05, 0.1) is 22.7 Å². The van der Waals surface area contributed by atoms with Crippen LogP contribution in [0.3, 0.4) is 0 Å². The van der Waals surface area contributed by atoms with Crippen LogP contribution < -0.4 is 15.0 Å². The summed E-state index contributed by atoms with van der Waals surface area (Å²) >= 11 is 1.63. The van der Waals surface area contributed by atoms with E-state index in [0.717, 1.165) is 18.1 Å². The molecule has 1 atom stereocenters. The van der Waals surface area contributed by atoms with Crippen LogP contribution in [0.15, 0.2) is 23.7 Å². The summed E-state index contributed by atoms with van der Waals surface area (Å²) in [6, 6.07) is 3.26. The molecule has 1 aromatic carbocycles. The number of aromatic nitrogens is 1. The molecule has 2 aromatic rings. The van der Waals surface area contributed by atoms with Gasteiger partial charge < -0.3 is 15.0 Å². The number of carbonyl (C=O) groups excluding carboxylic acids is 1. The second-order valence-corrected chi connectivity index (χ2v) is 7.43. The molecule has 27 heavy (non-hydrogen) atoms. The van der Waals surface area contributed by atoms with E-state index in [1.54, 1.807) is 23.6 Å². The van der Waals surface area contributed by atoms with E-state index < -0.39 is 4.92 Å². The SMILES string of the molecule is CC(c1nccs1)N1CCN(c2cc3c(cc2[N+](=O)[O-])OCC(=O)N3)CC1. The summed E-state index contributed by atoms with van der Waals surface area (Å²) < 4.78 is 5.31. The number of rotatable bonds is 4. The number of nitro groups is 1. The molecule has 1 saturated heterocycles. The van der Waals surface area contributed by atoms with Crippen LogP contribution in [0.25, 0.3) is 0 Å². The lowest BCUT2D eigenvalue weighted by Gasteiger charge is -2.38. The number of nitrogens with one attached hydrogen (secondary N) is 1. The Morgan fingerprint density at radius 3 is 2.78 bits per heavy atom. The molecule has 0 spiro atoms. The number of anilines is 2. The minimum absolute atomic E-state index is 0.00804. The molecule has 0 saturated carbocycles. The van der Waals surface area contributed by atoms with Crippen LogP contribution in [0.5, 0.6) is 5.75 Å². The van der Waals surface area contributed by atoms with E-state index in [4.69, 9.17) is 4.74 Å². The molecule has 0 radical (unpaired) electrons. The Morgan fingerprint density at radius 1 is 1.33 bits per heavy atom. The Labute approximate surface area is 159 Å². The van der Waals surface area contributed by atoms with Gasteiger partial charge in [0.2, 0.25) is 0 Å². The topological polar surface area (TPSA) is 101 Å². The predicted octanol–water partition coefficient (Wildman–Crippen LogP) is 2.27. The highest BCUT2D eigenvalue weighted by Gasteiger charge is 2.30. The van der Waals surface area contributed by atoms with Crippen molar-refractivity contribution in [3.63, 3.8) is 0 Å². The number of amides is 1. The number of carbonyl (C=O) groups is 1. The fourth-order valence-corrected chi connectivity index (χ4v) is 4.18. The number of fused-ring (bicyclic) bond motifs is 1. The van der Waals surface area contributed by atoms with Crippen LogP contribution in [0.1, 0.15) is 18.0 Å². The molecular weight excluding hydrogens is 370 g/mol. The number of thiazole rings is 1. The zero-order valence-electron chi connectivity index (χ0n) is 14.8. The molecule has 1 N–H and O–H groups in total. The Hall–Kier alpha value is -2.72. The lowest BCUT2D eigenvalue weighted by Crippen LogP contribution is -2.47. The second-order valence-electron chi connectivity index (χ2n) is 6.50. The van der Waals surface area contributed by atoms with Crippen LogP contribution in [0.2, 0.25) is 0 Å². The quantitative estimate of drug-likeness (QED) is 0.632. The van der Waals surface area contributed by atoms with Gasteiger partial charge in [0.15, 0.2) is 12.4 Å². The first-order chi connectivity index (χ1) is 13.0. The molecule has 1 unspecified atom stereocenters. The van der Waals surface area contributed by atoms with E-state index >= 15 is 0 Å². The van der Waals surface area contributed by atoms with Crippen molar-refractivity contribution < 1.29 is 14.5 Å². The molecule has 1 amide bonds. The monoisotopic (exact) mass is 389 g/mol. The van der Waals surface area contributed by atoms with E-state index in [1.165, 1.54) is 6.07 Å². The van der Waals surface area contributed by atoms with Gasteiger partial charge in [-0.15, -0.1) is 11.3 Å². The number of ether oxygens (including phenoxy) is 1. The van der Waals surface area contributed by atoms with E-state index in [9.17, 15) is 14.9 Å². The molecule has 1 fully saturated rings. The number of hydrogen-bond acceptors (Lipinski definition) is 8. The molecule has 9 nitrogen and oxygen atoms in total. The Bertz CT molecular complexity index is 864. The average molecular weight is 389 g/mol. The third-order valence-electron chi connectivity index (χ3n) is 4.92. The molecular formula is C17H19N5O4S. The maximum absolute atomic E-state index is 11.6. The van der Waals surface area contributed by atoms with E-state index in [-0.39, 0.29) is 24.2 Å². The highest BCUT2D eigenvalue weighted by atomic mass is 32.1. The minimum Gasteiger partial charge on any atom is -0.481 e. The van der Waals surface area contributed by atoms with Crippen molar-refractivity contribution >= 4 is 34.3 Å². The summed E-state index contributed by atoms with van der Waals surface area (Å²) in [4.78, 5) is 31.4. The smallest absolute Gasteiger partial charge is 0.296 e. The first-order valence-corrected chi connectivity index (χ1v) is 9.54. The molecule has 142 valence electrons. The van der Waals surface area contributed by atoms with Gasteiger partial charge in [-0.2, -0.15) is 0 Å². The molecule has 0 aliphatic carbocycles. The average Bonchev–Trinajstić information content (AvgIpc) is 3.21. The van der Waals surface area contributed by atoms with Gasteiger partial charge in [0.25, 0.3) is 11.6 Å². The number of benzene rings is 1. The molecule has 2 aliphatic rings. The lowest BCUT2D eigenvalue weighted by atomic mass is 10.1. The highest BCUT2D eigenvalue weighted by molar-refractivity contribution is 7.09. The molecule has 3 heterocycles. The summed E-state index contributed by atoms with van der Waals surface area (Å²) in [7, 11) is 0. The molecule has 1 aromatic heterocycles. The van der Waals surface area contributed by atoms with Gasteiger partial charge in [0.1, 0.15) is 10.7 Å². The fourth-order valence-electron chi connectivity index (χ4n) is 3.45. The zero-order chi connectivity index (χ0) is 19.0. The maximum atomic E-state index is 11.6. The van der Waals surface area contributed by atoms with Crippen LogP contribution >= 0.6 is 11.3 Å². The number of piperazine rings is 1. The summed E-state index contributed by atoms with van der Waals surface area (Å²) in [5.74, 6) is 0.0745. The third-order valence-corrected chi connectivity index (χ3v) is 5.86. The molecule has 2 aliphatic heterocycles. The number of nitrogens with zero attached hydrogens (tertiary/aromatic N) is 4.